The van der Waals surface area contributed by atoms with E-state index in [0.717, 1.165) is 35.9 Å². The fourth-order valence-electron chi connectivity index (χ4n) is 2.37. The Morgan fingerprint density at radius 2 is 2.04 bits per heavy atom. The van der Waals surface area contributed by atoms with Crippen molar-refractivity contribution in [3.05, 3.63) is 51.5 Å². The van der Waals surface area contributed by atoms with Gasteiger partial charge in [-0.3, -0.25) is 9.79 Å². The monoisotopic (exact) mass is 501 g/mol. The van der Waals surface area contributed by atoms with Crippen molar-refractivity contribution >= 4 is 47.2 Å². The standard InChI is InChI=1S/C19H27N5OS.HI/c1-4-9-21-18(25)16-7-5-6-15(11-16)13-24-19(20-3)22-10-8-17-23-12-14(2)26-17;/h5-7,11-12H,4,8-10,13H2,1-3H3,(H,21,25)(H2,20,22,24);1H. The first-order valence-corrected chi connectivity index (χ1v) is 9.67. The number of carbonyl (C=O) groups is 1. The number of nitrogens with one attached hydrogen (secondary N) is 3. The zero-order valence-corrected chi connectivity index (χ0v) is 19.2. The van der Waals surface area contributed by atoms with Gasteiger partial charge in [0.1, 0.15) is 0 Å². The molecular weight excluding hydrogens is 473 g/mol. The first-order chi connectivity index (χ1) is 12.6. The summed E-state index contributed by atoms with van der Waals surface area (Å²) in [6, 6.07) is 7.63. The summed E-state index contributed by atoms with van der Waals surface area (Å²) in [7, 11) is 1.75. The van der Waals surface area contributed by atoms with E-state index in [1.165, 1.54) is 4.88 Å². The van der Waals surface area contributed by atoms with Crippen LogP contribution in [0.5, 0.6) is 0 Å². The van der Waals surface area contributed by atoms with Crippen LogP contribution in [0, 0.1) is 6.92 Å². The summed E-state index contributed by atoms with van der Waals surface area (Å²) in [6.45, 7) is 6.16. The van der Waals surface area contributed by atoms with Crippen LogP contribution in [0.2, 0.25) is 0 Å². The van der Waals surface area contributed by atoms with E-state index in [2.05, 4.69) is 32.9 Å². The van der Waals surface area contributed by atoms with Gasteiger partial charge in [-0.1, -0.05) is 19.1 Å². The van der Waals surface area contributed by atoms with Gasteiger partial charge >= 0.3 is 0 Å². The van der Waals surface area contributed by atoms with Crippen LogP contribution < -0.4 is 16.0 Å². The van der Waals surface area contributed by atoms with Crippen molar-refractivity contribution in [2.45, 2.75) is 33.2 Å². The maximum Gasteiger partial charge on any atom is 0.251 e. The predicted molar refractivity (Wildman–Crippen MR) is 123 cm³/mol. The van der Waals surface area contributed by atoms with E-state index in [0.29, 0.717) is 18.7 Å². The molecule has 8 heteroatoms. The van der Waals surface area contributed by atoms with E-state index in [4.69, 9.17) is 0 Å². The molecule has 0 aliphatic carbocycles. The van der Waals surface area contributed by atoms with Crippen molar-refractivity contribution in [2.24, 2.45) is 4.99 Å². The third-order valence-electron chi connectivity index (χ3n) is 3.71. The molecule has 0 radical (unpaired) electrons. The Bertz CT molecular complexity index is 747. The van der Waals surface area contributed by atoms with E-state index in [9.17, 15) is 4.79 Å². The molecule has 0 saturated heterocycles. The molecule has 0 fully saturated rings. The molecule has 2 aromatic rings. The number of rotatable bonds is 8. The molecule has 1 amide bonds. The Balaban J connectivity index is 0.00000364. The van der Waals surface area contributed by atoms with Crippen LogP contribution in [0.3, 0.4) is 0 Å². The highest BCUT2D eigenvalue weighted by Gasteiger charge is 2.06. The summed E-state index contributed by atoms with van der Waals surface area (Å²) in [5.74, 6) is 0.703. The number of aliphatic imine (C=N–C) groups is 1. The molecule has 0 atom stereocenters. The molecule has 1 heterocycles. The second-order valence-corrected chi connectivity index (χ2v) is 7.24. The highest BCUT2D eigenvalue weighted by Crippen LogP contribution is 2.11. The van der Waals surface area contributed by atoms with Crippen LogP contribution in [0.25, 0.3) is 0 Å². The molecule has 3 N–H and O–H groups in total. The molecule has 6 nitrogen and oxygen atoms in total. The number of hydrogen-bond donors (Lipinski definition) is 3. The third kappa shape index (κ3) is 8.25. The average molecular weight is 501 g/mol. The van der Waals surface area contributed by atoms with Gasteiger partial charge in [0, 0.05) is 49.7 Å². The number of aromatic nitrogens is 1. The zero-order chi connectivity index (χ0) is 18.8. The number of carbonyl (C=O) groups excluding carboxylic acids is 1. The van der Waals surface area contributed by atoms with Gasteiger partial charge in [-0.25, -0.2) is 4.98 Å². The Labute approximate surface area is 182 Å². The Hall–Kier alpha value is -1.68. The van der Waals surface area contributed by atoms with Gasteiger partial charge in [-0.15, -0.1) is 35.3 Å². The fraction of sp³-hybridized carbons (Fsp3) is 0.421. The maximum atomic E-state index is 12.1. The highest BCUT2D eigenvalue weighted by atomic mass is 127. The van der Waals surface area contributed by atoms with Gasteiger partial charge < -0.3 is 16.0 Å². The number of hydrogen-bond acceptors (Lipinski definition) is 4. The molecule has 1 aromatic heterocycles. The van der Waals surface area contributed by atoms with Crippen molar-refractivity contribution < 1.29 is 4.79 Å². The van der Waals surface area contributed by atoms with E-state index in [1.54, 1.807) is 18.4 Å². The second kappa shape index (κ2) is 12.7. The number of benzene rings is 1. The van der Waals surface area contributed by atoms with Gasteiger partial charge in [-0.2, -0.15) is 0 Å². The normalized spacial score (nSPS) is 10.9. The summed E-state index contributed by atoms with van der Waals surface area (Å²) in [5, 5.41) is 10.6. The smallest absolute Gasteiger partial charge is 0.251 e. The molecule has 0 saturated carbocycles. The van der Waals surface area contributed by atoms with Crippen molar-refractivity contribution in [1.29, 1.82) is 0 Å². The quantitative estimate of drug-likeness (QED) is 0.295. The predicted octanol–water partition coefficient (Wildman–Crippen LogP) is 3.12. The van der Waals surface area contributed by atoms with E-state index >= 15 is 0 Å². The number of thiazole rings is 1. The molecule has 1 aromatic carbocycles. The van der Waals surface area contributed by atoms with Crippen LogP contribution in [0.4, 0.5) is 0 Å². The summed E-state index contributed by atoms with van der Waals surface area (Å²) in [4.78, 5) is 21.9. The van der Waals surface area contributed by atoms with Crippen LogP contribution >= 0.6 is 35.3 Å². The summed E-state index contributed by atoms with van der Waals surface area (Å²) >= 11 is 1.72. The van der Waals surface area contributed by atoms with Crippen molar-refractivity contribution in [3.63, 3.8) is 0 Å². The minimum Gasteiger partial charge on any atom is -0.356 e. The van der Waals surface area contributed by atoms with E-state index < -0.39 is 0 Å². The largest absolute Gasteiger partial charge is 0.356 e. The van der Waals surface area contributed by atoms with Crippen LogP contribution in [-0.4, -0.2) is 37.0 Å². The fourth-order valence-corrected chi connectivity index (χ4v) is 3.16. The Morgan fingerprint density at radius 1 is 1.22 bits per heavy atom. The molecule has 2 rings (SSSR count). The number of nitrogens with zero attached hydrogens (tertiary/aromatic N) is 2. The summed E-state index contributed by atoms with van der Waals surface area (Å²) in [6.07, 6.45) is 3.69. The van der Waals surface area contributed by atoms with Crippen LogP contribution in [0.15, 0.2) is 35.5 Å². The zero-order valence-electron chi connectivity index (χ0n) is 16.0. The highest BCUT2D eigenvalue weighted by molar-refractivity contribution is 14.0. The number of guanidine groups is 1. The van der Waals surface area contributed by atoms with Gasteiger partial charge in [-0.05, 0) is 31.0 Å². The van der Waals surface area contributed by atoms with E-state index in [-0.39, 0.29) is 29.9 Å². The van der Waals surface area contributed by atoms with E-state index in [1.807, 2.05) is 37.4 Å². The molecule has 0 bridgehead atoms. The van der Waals surface area contributed by atoms with Gasteiger partial charge in [0.2, 0.25) is 0 Å². The van der Waals surface area contributed by atoms with Crippen LogP contribution in [0.1, 0.15) is 39.2 Å². The average Bonchev–Trinajstić information content (AvgIpc) is 3.07. The van der Waals surface area contributed by atoms with Crippen LogP contribution in [-0.2, 0) is 13.0 Å². The molecule has 148 valence electrons. The lowest BCUT2D eigenvalue weighted by molar-refractivity contribution is 0.0953. The summed E-state index contributed by atoms with van der Waals surface area (Å²) < 4.78 is 0. The molecule has 0 spiro atoms. The lowest BCUT2D eigenvalue weighted by Crippen LogP contribution is -2.37. The number of aryl methyl sites for hydroxylation is 1. The molecule has 0 aliphatic heterocycles. The van der Waals surface area contributed by atoms with Crippen molar-refractivity contribution in [2.75, 3.05) is 20.1 Å². The van der Waals surface area contributed by atoms with Gasteiger partial charge in [0.15, 0.2) is 5.96 Å². The van der Waals surface area contributed by atoms with Gasteiger partial charge in [0.05, 0.1) is 5.01 Å². The summed E-state index contributed by atoms with van der Waals surface area (Å²) in [5.41, 5.74) is 1.72. The second-order valence-electron chi connectivity index (χ2n) is 5.92. The molecular formula is C19H28IN5OS. The SMILES string of the molecule is CCCNC(=O)c1cccc(CNC(=NC)NCCc2ncc(C)s2)c1.I. The molecule has 0 unspecified atom stereocenters. The number of amides is 1. The Kier molecular flexibility index (Phi) is 11.0. The maximum absolute atomic E-state index is 12.1. The van der Waals surface area contributed by atoms with Crippen molar-refractivity contribution in [1.82, 2.24) is 20.9 Å². The lowest BCUT2D eigenvalue weighted by Gasteiger charge is -2.12. The first kappa shape index (κ1) is 23.4. The van der Waals surface area contributed by atoms with Gasteiger partial charge in [0.25, 0.3) is 5.91 Å². The Morgan fingerprint density at radius 3 is 2.70 bits per heavy atom. The third-order valence-corrected chi connectivity index (χ3v) is 4.68. The topological polar surface area (TPSA) is 78.4 Å². The molecule has 27 heavy (non-hydrogen) atoms. The number of halogens is 1. The minimum absolute atomic E-state index is 0. The minimum atomic E-state index is -0.0325. The first-order valence-electron chi connectivity index (χ1n) is 8.85. The molecule has 0 aliphatic rings. The lowest BCUT2D eigenvalue weighted by atomic mass is 10.1. The van der Waals surface area contributed by atoms with Crippen molar-refractivity contribution in [3.8, 4) is 0 Å².